The normalized spacial score (nSPS) is 10.3. The molecule has 3 rings (SSSR count). The number of fused-ring (bicyclic) bond motifs is 4. The first kappa shape index (κ1) is 10.3. The van der Waals surface area contributed by atoms with Crippen LogP contribution in [0.5, 0.6) is 0 Å². The van der Waals surface area contributed by atoms with Crippen molar-refractivity contribution < 1.29 is 9.79 Å². The summed E-state index contributed by atoms with van der Waals surface area (Å²) in [6.45, 7) is 0. The molecule has 0 aliphatic heterocycles. The lowest BCUT2D eigenvalue weighted by molar-refractivity contribution is 0.513. The van der Waals surface area contributed by atoms with E-state index in [1.54, 1.807) is 0 Å². The van der Waals surface area contributed by atoms with Crippen LogP contribution in [-0.4, -0.2) is 9.79 Å². The molecule has 0 saturated heterocycles. The van der Waals surface area contributed by atoms with Gasteiger partial charge < -0.3 is 9.79 Å². The van der Waals surface area contributed by atoms with Gasteiger partial charge in [-0.05, 0) is 22.3 Å². The number of benzene rings is 2. The van der Waals surface area contributed by atoms with Crippen molar-refractivity contribution in [3.8, 4) is 22.3 Å². The molecule has 0 unspecified atom stereocenters. The van der Waals surface area contributed by atoms with E-state index in [-0.39, 0.29) is 0 Å². The van der Waals surface area contributed by atoms with Gasteiger partial charge in [0, 0.05) is 0 Å². The largest absolute Gasteiger partial charge is 0.352 e. The third kappa shape index (κ3) is 1.80. The minimum Gasteiger partial charge on any atom is -0.352 e. The molecule has 1 aliphatic rings. The molecule has 2 aromatic rings. The molecule has 2 nitrogen and oxygen atoms in total. The first-order valence-electron chi connectivity index (χ1n) is 4.60. The predicted octanol–water partition coefficient (Wildman–Crippen LogP) is 2.81. The fraction of sp³-hybridized carbons (Fsp3) is 0. The molecule has 0 radical (unpaired) electrons. The zero-order valence-electron chi connectivity index (χ0n) is 8.01. The molecule has 0 heterocycles. The first-order valence-corrected chi connectivity index (χ1v) is 5.50. The Hall–Kier alpha value is -1.21. The number of hydrogen-bond acceptors (Lipinski definition) is 2. The van der Waals surface area contributed by atoms with Crippen LogP contribution in [0.25, 0.3) is 22.3 Å². The smallest absolute Gasteiger partial charge is 0.149 e. The summed E-state index contributed by atoms with van der Waals surface area (Å²) in [7, 11) is -0.917. The van der Waals surface area contributed by atoms with Gasteiger partial charge in [0.25, 0.3) is 0 Å². The molecule has 0 atom stereocenters. The van der Waals surface area contributed by atoms with Crippen LogP contribution in [0, 0.1) is 0 Å². The van der Waals surface area contributed by atoms with Gasteiger partial charge in [-0.2, -0.15) is 0 Å². The number of hydrogen-bond donors (Lipinski definition) is 2. The van der Waals surface area contributed by atoms with E-state index in [0.29, 0.717) is 0 Å². The summed E-state index contributed by atoms with van der Waals surface area (Å²) in [5.41, 5.74) is 5.59. The summed E-state index contributed by atoms with van der Waals surface area (Å²) in [6, 6.07) is 17.1. The molecule has 2 aromatic carbocycles. The molecule has 0 bridgehead atoms. The maximum absolute atomic E-state index is 7.15. The van der Waals surface area contributed by atoms with Crippen molar-refractivity contribution in [2.75, 3.05) is 0 Å². The summed E-state index contributed by atoms with van der Waals surface area (Å²) >= 11 is 0. The highest BCUT2D eigenvalue weighted by atomic mass is 31.1. The van der Waals surface area contributed by atoms with Crippen molar-refractivity contribution >= 4 is 9.03 Å². The minimum atomic E-state index is -0.917. The van der Waals surface area contributed by atoms with Gasteiger partial charge in [0.05, 0.1) is 0 Å². The van der Waals surface area contributed by atoms with Gasteiger partial charge in [-0.3, -0.25) is 0 Å². The van der Waals surface area contributed by atoms with Crippen molar-refractivity contribution in [3.63, 3.8) is 0 Å². The zero-order chi connectivity index (χ0) is 10.7. The lowest BCUT2D eigenvalue weighted by Crippen LogP contribution is -1.96. The van der Waals surface area contributed by atoms with Crippen molar-refractivity contribution in [2.45, 2.75) is 0 Å². The molecule has 0 spiro atoms. The van der Waals surface area contributed by atoms with Gasteiger partial charge >= 0.3 is 0 Å². The highest BCUT2D eigenvalue weighted by Crippen LogP contribution is 2.46. The Bertz CT molecular complexity index is 369. The summed E-state index contributed by atoms with van der Waals surface area (Å²) in [5, 5.41) is 0. The summed E-state index contributed by atoms with van der Waals surface area (Å²) in [4.78, 5) is 14.3. The topological polar surface area (TPSA) is 40.5 Å². The van der Waals surface area contributed by atoms with Gasteiger partial charge in [-0.1, -0.05) is 48.5 Å². The Morgan fingerprint density at radius 2 is 0.800 bits per heavy atom. The molecule has 3 heteroatoms. The second-order valence-corrected chi connectivity index (χ2v) is 3.39. The Labute approximate surface area is 90.2 Å². The second-order valence-electron chi connectivity index (χ2n) is 3.19. The van der Waals surface area contributed by atoms with Crippen LogP contribution < -0.4 is 0 Å². The molecule has 0 saturated carbocycles. The van der Waals surface area contributed by atoms with E-state index >= 15 is 0 Å². The van der Waals surface area contributed by atoms with E-state index < -0.39 is 9.03 Å². The van der Waals surface area contributed by atoms with E-state index in [4.69, 9.17) is 9.79 Å². The fourth-order valence-corrected chi connectivity index (χ4v) is 1.84. The standard InChI is InChI=1S/C12H8.H3O2P/c1-2-6-10-9(5-1)11-7-3-4-8-12(10)11;1-3-2/h1-8H;1-3H. The van der Waals surface area contributed by atoms with Crippen LogP contribution in [0.1, 0.15) is 0 Å². The molecule has 15 heavy (non-hydrogen) atoms. The Kier molecular flexibility index (Phi) is 3.12. The maximum atomic E-state index is 7.15. The quantitative estimate of drug-likeness (QED) is 0.569. The summed E-state index contributed by atoms with van der Waals surface area (Å²) < 4.78 is 0. The van der Waals surface area contributed by atoms with E-state index in [1.807, 2.05) is 0 Å². The lowest BCUT2D eigenvalue weighted by atomic mass is 9.81. The molecular weight excluding hydrogens is 207 g/mol. The Balaban J connectivity index is 0.000000258. The van der Waals surface area contributed by atoms with Crippen LogP contribution in [0.2, 0.25) is 0 Å². The van der Waals surface area contributed by atoms with Crippen molar-refractivity contribution in [2.24, 2.45) is 0 Å². The van der Waals surface area contributed by atoms with Crippen LogP contribution in [-0.2, 0) is 0 Å². The Morgan fingerprint density at radius 1 is 0.600 bits per heavy atom. The lowest BCUT2D eigenvalue weighted by Gasteiger charge is -2.22. The molecule has 0 aromatic heterocycles. The van der Waals surface area contributed by atoms with Crippen LogP contribution >= 0.6 is 9.03 Å². The van der Waals surface area contributed by atoms with E-state index in [9.17, 15) is 0 Å². The van der Waals surface area contributed by atoms with Gasteiger partial charge in [-0.25, -0.2) is 0 Å². The molecule has 76 valence electrons. The predicted molar refractivity (Wildman–Crippen MR) is 63.6 cm³/mol. The summed E-state index contributed by atoms with van der Waals surface area (Å²) in [6.07, 6.45) is 0. The third-order valence-electron chi connectivity index (χ3n) is 2.43. The first-order chi connectivity index (χ1) is 7.38. The SMILES string of the molecule is OPO.c1ccc2c(c1)-c1ccccc1-2. The zero-order valence-corrected chi connectivity index (χ0v) is 9.01. The molecular formula is C12H11O2P. The van der Waals surface area contributed by atoms with Gasteiger partial charge in [-0.15, -0.1) is 0 Å². The monoisotopic (exact) mass is 218 g/mol. The van der Waals surface area contributed by atoms with Gasteiger partial charge in [0.1, 0.15) is 9.03 Å². The van der Waals surface area contributed by atoms with Crippen molar-refractivity contribution in [1.29, 1.82) is 0 Å². The maximum Gasteiger partial charge on any atom is 0.149 e. The molecule has 1 aliphatic carbocycles. The fourth-order valence-electron chi connectivity index (χ4n) is 1.84. The number of rotatable bonds is 0. The van der Waals surface area contributed by atoms with Crippen molar-refractivity contribution in [3.05, 3.63) is 48.5 Å². The summed E-state index contributed by atoms with van der Waals surface area (Å²) in [5.74, 6) is 0. The van der Waals surface area contributed by atoms with E-state index in [2.05, 4.69) is 48.5 Å². The van der Waals surface area contributed by atoms with E-state index in [1.165, 1.54) is 22.3 Å². The Morgan fingerprint density at radius 3 is 1.00 bits per heavy atom. The van der Waals surface area contributed by atoms with Gasteiger partial charge in [0.2, 0.25) is 0 Å². The van der Waals surface area contributed by atoms with Crippen LogP contribution in [0.3, 0.4) is 0 Å². The van der Waals surface area contributed by atoms with E-state index in [0.717, 1.165) is 0 Å². The highest BCUT2D eigenvalue weighted by Gasteiger charge is 2.19. The average molecular weight is 218 g/mol. The molecule has 0 amide bonds. The minimum absolute atomic E-state index is 0.917. The van der Waals surface area contributed by atoms with Crippen LogP contribution in [0.4, 0.5) is 0 Å². The average Bonchev–Trinajstić information content (AvgIpc) is 2.27. The molecule has 2 N–H and O–H groups in total. The molecule has 0 fully saturated rings. The van der Waals surface area contributed by atoms with Crippen molar-refractivity contribution in [1.82, 2.24) is 0 Å². The highest BCUT2D eigenvalue weighted by molar-refractivity contribution is 7.23. The second kappa shape index (κ2) is 4.54. The third-order valence-corrected chi connectivity index (χ3v) is 2.43. The van der Waals surface area contributed by atoms with Gasteiger partial charge in [0.15, 0.2) is 0 Å². The van der Waals surface area contributed by atoms with Crippen LogP contribution in [0.15, 0.2) is 48.5 Å².